The average Bonchev–Trinajstić information content (AvgIpc) is 3.65. The number of nitrogen functional groups attached to an aromatic ring is 1. The number of aryl methyl sites for hydroxylation is 1. The zero-order chi connectivity index (χ0) is 30.6. The van der Waals surface area contributed by atoms with Gasteiger partial charge in [-0.3, -0.25) is 14.4 Å². The fourth-order valence-corrected chi connectivity index (χ4v) is 6.55. The molecular weight excluding hydrogens is 550 g/mol. The third-order valence-electron chi connectivity index (χ3n) is 8.72. The van der Waals surface area contributed by atoms with Crippen LogP contribution in [0.5, 0.6) is 0 Å². The number of rotatable bonds is 9. The molecule has 4 atom stereocenters. The van der Waals surface area contributed by atoms with E-state index in [4.69, 9.17) is 10.5 Å². The number of aromatic nitrogens is 3. The summed E-state index contributed by atoms with van der Waals surface area (Å²) in [7, 11) is 1.85. The second-order valence-electron chi connectivity index (χ2n) is 12.5. The maximum atomic E-state index is 13.2. The Hall–Kier alpha value is -4.05. The normalized spacial score (nSPS) is 22.2. The number of amides is 1. The Morgan fingerprint density at radius 1 is 0.955 bits per heavy atom. The highest BCUT2D eigenvalue weighted by Gasteiger charge is 2.30. The molecule has 0 bridgehead atoms. The Morgan fingerprint density at radius 2 is 1.64 bits per heavy atom. The van der Waals surface area contributed by atoms with Crippen molar-refractivity contribution in [2.24, 2.45) is 7.05 Å². The first-order valence-corrected chi connectivity index (χ1v) is 15.6. The summed E-state index contributed by atoms with van der Waals surface area (Å²) in [6.07, 6.45) is 8.02. The number of carbonyl (C=O) groups excluding carboxylic acids is 1. The number of pyridine rings is 1. The topological polar surface area (TPSA) is 110 Å². The summed E-state index contributed by atoms with van der Waals surface area (Å²) in [5.74, 6) is -0.0159. The number of hydrogen-bond acceptors (Lipinski definition) is 7. The van der Waals surface area contributed by atoms with Crippen molar-refractivity contribution < 1.29 is 9.53 Å². The van der Waals surface area contributed by atoms with Crippen LogP contribution in [0, 0.1) is 0 Å². The molecule has 1 saturated heterocycles. The molecule has 1 unspecified atom stereocenters. The molecule has 4 N–H and O–H groups in total. The number of nitrogens with two attached hydrogens (primary N) is 1. The Labute approximate surface area is 259 Å². The fraction of sp³-hybridized carbons (Fsp3) is 0.400. The van der Waals surface area contributed by atoms with Crippen molar-refractivity contribution in [3.05, 3.63) is 89.9 Å². The van der Waals surface area contributed by atoms with Gasteiger partial charge in [0.2, 0.25) is 0 Å². The molecule has 2 aliphatic rings. The van der Waals surface area contributed by atoms with Gasteiger partial charge in [0.25, 0.3) is 5.91 Å². The van der Waals surface area contributed by atoms with Crippen LogP contribution in [0.25, 0.3) is 22.3 Å². The molecule has 9 heteroatoms. The summed E-state index contributed by atoms with van der Waals surface area (Å²) < 4.78 is 8.05. The molecule has 1 saturated carbocycles. The van der Waals surface area contributed by atoms with Crippen molar-refractivity contribution in [2.75, 3.05) is 18.8 Å². The van der Waals surface area contributed by atoms with E-state index in [1.807, 2.05) is 13.2 Å². The first kappa shape index (κ1) is 30.0. The third-order valence-corrected chi connectivity index (χ3v) is 8.72. The van der Waals surface area contributed by atoms with Crippen molar-refractivity contribution in [2.45, 2.75) is 70.5 Å². The smallest absolute Gasteiger partial charge is 0.255 e. The molecule has 230 valence electrons. The van der Waals surface area contributed by atoms with Crippen molar-refractivity contribution in [3.63, 3.8) is 0 Å². The molecule has 2 aromatic carbocycles. The Bertz CT molecular complexity index is 1560. The zero-order valence-electron chi connectivity index (χ0n) is 25.9. The largest absolute Gasteiger partial charge is 0.383 e. The quantitative estimate of drug-likeness (QED) is 0.256. The van der Waals surface area contributed by atoms with Crippen molar-refractivity contribution in [1.29, 1.82) is 0 Å². The lowest BCUT2D eigenvalue weighted by molar-refractivity contribution is 0.0272. The predicted octanol–water partition coefficient (Wildman–Crippen LogP) is 4.78. The van der Waals surface area contributed by atoms with Gasteiger partial charge in [-0.15, -0.1) is 0 Å². The van der Waals surface area contributed by atoms with Crippen molar-refractivity contribution in [1.82, 2.24) is 30.3 Å². The summed E-state index contributed by atoms with van der Waals surface area (Å²) in [4.78, 5) is 20.0. The molecule has 3 heterocycles. The van der Waals surface area contributed by atoms with Gasteiger partial charge in [-0.25, -0.2) is 4.98 Å². The second-order valence-corrected chi connectivity index (χ2v) is 12.5. The number of hydrogen-bond donors (Lipinski definition) is 3. The molecule has 0 spiro atoms. The van der Waals surface area contributed by atoms with E-state index < -0.39 is 0 Å². The van der Waals surface area contributed by atoms with Crippen LogP contribution in [0.4, 0.5) is 5.82 Å². The van der Waals surface area contributed by atoms with Crippen LogP contribution in [-0.4, -0.2) is 62.9 Å². The highest BCUT2D eigenvalue weighted by Crippen LogP contribution is 2.27. The average molecular weight is 594 g/mol. The van der Waals surface area contributed by atoms with Gasteiger partial charge in [-0.1, -0.05) is 48.5 Å². The van der Waals surface area contributed by atoms with E-state index in [9.17, 15) is 4.79 Å². The number of anilines is 1. The summed E-state index contributed by atoms with van der Waals surface area (Å²) in [5, 5.41) is 11.0. The summed E-state index contributed by atoms with van der Waals surface area (Å²) in [6, 6.07) is 20.3. The minimum Gasteiger partial charge on any atom is -0.383 e. The summed E-state index contributed by atoms with van der Waals surface area (Å²) in [5.41, 5.74) is 13.0. The van der Waals surface area contributed by atoms with Gasteiger partial charge in [0.15, 0.2) is 0 Å². The van der Waals surface area contributed by atoms with Crippen LogP contribution in [0.15, 0.2) is 73.2 Å². The first-order chi connectivity index (χ1) is 21.3. The van der Waals surface area contributed by atoms with Gasteiger partial charge in [-0.05, 0) is 61.4 Å². The molecule has 1 aliphatic heterocycles. The van der Waals surface area contributed by atoms with Gasteiger partial charge in [0.1, 0.15) is 5.82 Å². The Morgan fingerprint density at radius 3 is 2.30 bits per heavy atom. The van der Waals surface area contributed by atoms with Gasteiger partial charge < -0.3 is 21.1 Å². The molecule has 0 radical (unpaired) electrons. The number of nitrogens with zero attached hydrogens (tertiary/aromatic N) is 4. The van der Waals surface area contributed by atoms with E-state index >= 15 is 0 Å². The maximum absolute atomic E-state index is 13.2. The monoisotopic (exact) mass is 593 g/mol. The highest BCUT2D eigenvalue weighted by atomic mass is 16.5. The van der Waals surface area contributed by atoms with Crippen LogP contribution in [0.1, 0.15) is 54.6 Å². The third kappa shape index (κ3) is 7.18. The van der Waals surface area contributed by atoms with Crippen LogP contribution >= 0.6 is 0 Å². The molecule has 1 amide bonds. The van der Waals surface area contributed by atoms with E-state index in [0.717, 1.165) is 55.6 Å². The second kappa shape index (κ2) is 13.3. The van der Waals surface area contributed by atoms with E-state index in [1.54, 1.807) is 23.1 Å². The molecule has 6 rings (SSSR count). The molecule has 2 fully saturated rings. The Kier molecular flexibility index (Phi) is 9.07. The van der Waals surface area contributed by atoms with Gasteiger partial charge in [0.05, 0.1) is 30.5 Å². The maximum Gasteiger partial charge on any atom is 0.255 e. The molecular formula is C35H43N7O2. The van der Waals surface area contributed by atoms with Gasteiger partial charge >= 0.3 is 0 Å². The zero-order valence-corrected chi connectivity index (χ0v) is 25.9. The minimum absolute atomic E-state index is 0.0523. The van der Waals surface area contributed by atoms with Gasteiger partial charge in [-0.2, -0.15) is 5.10 Å². The minimum atomic E-state index is -0.228. The number of benzene rings is 2. The molecule has 2 aromatic heterocycles. The standard InChI is InChI=1S/C35H43N7O2/c1-23-18-42(19-24(2)39-23)20-25-7-11-27(12-8-25)28-13-9-26(10-14-28)22-44-33-6-4-5-32(33)40-35(43)31-15-29(16-37-34(31)36)30-17-38-41(3)21-30/h7-17,21,23-24,32-33,39H,4-6,18-20,22H2,1-3H3,(H2,36,37)(H,40,43)/t23-,24?,32+,33+/m1/s1. The lowest BCUT2D eigenvalue weighted by atomic mass is 10.0. The lowest BCUT2D eigenvalue weighted by Crippen LogP contribution is -2.53. The van der Waals surface area contributed by atoms with Gasteiger partial charge in [0, 0.05) is 62.3 Å². The molecule has 4 aromatic rings. The van der Waals surface area contributed by atoms with Crippen LogP contribution in [0.2, 0.25) is 0 Å². The van der Waals surface area contributed by atoms with Crippen LogP contribution < -0.4 is 16.4 Å². The van der Waals surface area contributed by atoms with Crippen LogP contribution in [-0.2, 0) is 24.9 Å². The SMILES string of the molecule is CC1CN(Cc2ccc(-c3ccc(CO[C@H]4CCC[C@@H]4NC(=O)c4cc(-c5cnn(C)c5)cnc4N)cc3)cc2)C[C@@H](C)N1. The number of carbonyl (C=O) groups is 1. The molecule has 44 heavy (non-hydrogen) atoms. The molecule has 1 aliphatic carbocycles. The Balaban J connectivity index is 1.02. The highest BCUT2D eigenvalue weighted by molar-refractivity contribution is 5.99. The van der Waals surface area contributed by atoms with E-state index in [1.165, 1.54) is 16.7 Å². The first-order valence-electron chi connectivity index (χ1n) is 15.6. The van der Waals surface area contributed by atoms with E-state index in [0.29, 0.717) is 24.3 Å². The summed E-state index contributed by atoms with van der Waals surface area (Å²) in [6.45, 7) is 8.15. The number of nitrogens with one attached hydrogen (secondary N) is 2. The van der Waals surface area contributed by atoms with Crippen molar-refractivity contribution in [3.8, 4) is 22.3 Å². The predicted molar refractivity (Wildman–Crippen MR) is 174 cm³/mol. The van der Waals surface area contributed by atoms with E-state index in [2.05, 4.69) is 88.0 Å². The lowest BCUT2D eigenvalue weighted by Gasteiger charge is -2.36. The molecule has 9 nitrogen and oxygen atoms in total. The number of ether oxygens (including phenoxy) is 1. The fourth-order valence-electron chi connectivity index (χ4n) is 6.55. The van der Waals surface area contributed by atoms with E-state index in [-0.39, 0.29) is 23.9 Å². The van der Waals surface area contributed by atoms with Crippen LogP contribution in [0.3, 0.4) is 0 Å². The van der Waals surface area contributed by atoms with Crippen molar-refractivity contribution >= 4 is 11.7 Å². The summed E-state index contributed by atoms with van der Waals surface area (Å²) >= 11 is 0. The number of piperazine rings is 1.